The Bertz CT molecular complexity index is 2950. The molecule has 1 radical (unpaired) electrons. The fourth-order valence-corrected chi connectivity index (χ4v) is 6.02. The molecule has 0 atom stereocenters. The van der Waals surface area contributed by atoms with Gasteiger partial charge in [0.15, 0.2) is 17.3 Å². The zero-order valence-electron chi connectivity index (χ0n) is 38.2. The van der Waals surface area contributed by atoms with Crippen molar-refractivity contribution in [3.05, 3.63) is 240 Å². The third kappa shape index (κ3) is 19.5. The van der Waals surface area contributed by atoms with E-state index in [0.29, 0.717) is 0 Å². The van der Waals surface area contributed by atoms with Gasteiger partial charge in [0.05, 0.1) is 0 Å². The molecule has 1 N–H and O–H groups in total. The first-order valence-electron chi connectivity index (χ1n) is 21.0. The van der Waals surface area contributed by atoms with Crippen LogP contribution in [0, 0.1) is 39.9 Å². The SMILES string of the molecule is C(=C\c1ccncc1)/c1ccncc1.CO.O=C(/C=C(\[O-])C(F)(F)F)c1ccc2ccccc2c1.O=C(/C=C(\[O-])C(F)(F)F)c1ccc2ccccc2c1.O=C(/C=C(\[O-])C(F)(F)F)c1ccc2ccccc2c1.[Gd+3]. The van der Waals surface area contributed by atoms with E-state index in [1.54, 1.807) is 79.4 Å². The van der Waals surface area contributed by atoms with Crippen LogP contribution in [0.4, 0.5) is 39.5 Å². The van der Waals surface area contributed by atoms with E-state index in [-0.39, 0.29) is 74.9 Å². The topological polar surface area (TPSA) is 166 Å². The first kappa shape index (κ1) is 60.7. The quantitative estimate of drug-likeness (QED) is 0.0674. The summed E-state index contributed by atoms with van der Waals surface area (Å²) in [6, 6.07) is 42.6. The minimum atomic E-state index is -5.02. The summed E-state index contributed by atoms with van der Waals surface area (Å²) >= 11 is 0. The predicted molar refractivity (Wildman–Crippen MR) is 253 cm³/mol. The largest absolute Gasteiger partial charge is 3.00 e. The monoisotopic (exact) mass is 1170 g/mol. The molecule has 8 aromatic rings. The number of alkyl halides is 9. The van der Waals surface area contributed by atoms with Crippen molar-refractivity contribution < 1.29 is 114 Å². The second kappa shape index (κ2) is 28.6. The molecular formula is C55H38F9GdN2O7. The van der Waals surface area contributed by atoms with Crippen LogP contribution in [-0.4, -0.2) is 58.1 Å². The van der Waals surface area contributed by atoms with E-state index in [4.69, 9.17) is 5.11 Å². The predicted octanol–water partition coefficient (Wildman–Crippen LogP) is 10.7. The minimum absolute atomic E-state index is 0. The van der Waals surface area contributed by atoms with Gasteiger partial charge in [0.25, 0.3) is 0 Å². The summed E-state index contributed by atoms with van der Waals surface area (Å²) < 4.78 is 108. The molecule has 381 valence electrons. The number of aromatic nitrogens is 2. The number of carbonyl (C=O) groups is 3. The third-order valence-electron chi connectivity index (χ3n) is 9.61. The summed E-state index contributed by atoms with van der Waals surface area (Å²) in [5.74, 6) is -9.30. The van der Waals surface area contributed by atoms with Crippen LogP contribution in [0.25, 0.3) is 44.5 Å². The molecule has 0 aliphatic carbocycles. The molecule has 0 bridgehead atoms. The van der Waals surface area contributed by atoms with Crippen LogP contribution >= 0.6 is 0 Å². The van der Waals surface area contributed by atoms with Crippen LogP contribution in [0.2, 0.25) is 0 Å². The fraction of sp³-hybridized carbons (Fsp3) is 0.0727. The van der Waals surface area contributed by atoms with Gasteiger partial charge in [0.1, 0.15) is 0 Å². The van der Waals surface area contributed by atoms with E-state index >= 15 is 0 Å². The number of allylic oxidation sites excluding steroid dienone is 6. The van der Waals surface area contributed by atoms with Crippen LogP contribution in [-0.2, 0) is 0 Å². The maximum Gasteiger partial charge on any atom is 3.00 e. The van der Waals surface area contributed by atoms with Gasteiger partial charge in [-0.25, -0.2) is 0 Å². The number of carbonyl (C=O) groups excluding carboxylic acids is 3. The normalized spacial score (nSPS) is 11.9. The van der Waals surface area contributed by atoms with Gasteiger partial charge >= 0.3 is 58.5 Å². The zero-order valence-corrected chi connectivity index (χ0v) is 40.4. The van der Waals surface area contributed by atoms with Crippen LogP contribution in [0.5, 0.6) is 0 Å². The smallest absolute Gasteiger partial charge is 0.869 e. The van der Waals surface area contributed by atoms with Crippen molar-refractivity contribution in [2.75, 3.05) is 7.11 Å². The van der Waals surface area contributed by atoms with E-state index in [2.05, 4.69) is 22.1 Å². The number of rotatable bonds is 8. The molecule has 0 fully saturated rings. The average Bonchev–Trinajstić information content (AvgIpc) is 3.38. The number of halogens is 9. The zero-order chi connectivity index (χ0) is 53.8. The first-order chi connectivity index (χ1) is 34.6. The Balaban J connectivity index is 0.000000257. The van der Waals surface area contributed by atoms with Crippen molar-refractivity contribution in [2.24, 2.45) is 0 Å². The van der Waals surface area contributed by atoms with E-state index in [1.807, 2.05) is 60.7 Å². The molecule has 0 unspecified atom stereocenters. The Hall–Kier alpha value is -7.58. The number of hydrogen-bond donors (Lipinski definition) is 1. The molecule has 0 saturated heterocycles. The number of aliphatic hydroxyl groups excluding tert-OH is 1. The van der Waals surface area contributed by atoms with Crippen molar-refractivity contribution in [1.29, 1.82) is 0 Å². The van der Waals surface area contributed by atoms with Gasteiger partial charge in [-0.05, 0) is 121 Å². The van der Waals surface area contributed by atoms with Crippen LogP contribution in [0.3, 0.4) is 0 Å². The van der Waals surface area contributed by atoms with Crippen molar-refractivity contribution in [2.45, 2.75) is 18.5 Å². The minimum Gasteiger partial charge on any atom is -0.869 e. The first-order valence-corrected chi connectivity index (χ1v) is 21.0. The van der Waals surface area contributed by atoms with Crippen molar-refractivity contribution >= 4 is 61.8 Å². The molecule has 19 heteroatoms. The molecule has 8 rings (SSSR count). The molecule has 0 spiro atoms. The number of ketones is 3. The van der Waals surface area contributed by atoms with Gasteiger partial charge in [0.2, 0.25) is 0 Å². The van der Waals surface area contributed by atoms with E-state index in [1.165, 1.54) is 36.4 Å². The Morgan fingerprint density at radius 1 is 0.392 bits per heavy atom. The molecule has 2 heterocycles. The van der Waals surface area contributed by atoms with Crippen molar-refractivity contribution in [1.82, 2.24) is 9.97 Å². The summed E-state index contributed by atoms with van der Waals surface area (Å²) in [5, 5.41) is 43.9. The number of fused-ring (bicyclic) bond motifs is 3. The van der Waals surface area contributed by atoms with Gasteiger partial charge in [0, 0.05) is 48.6 Å². The maximum atomic E-state index is 12.0. The van der Waals surface area contributed by atoms with Gasteiger partial charge in [-0.1, -0.05) is 121 Å². The Morgan fingerprint density at radius 2 is 0.622 bits per heavy atom. The summed E-state index contributed by atoms with van der Waals surface area (Å²) in [5.41, 5.74) is 2.46. The Labute approximate surface area is 448 Å². The van der Waals surface area contributed by atoms with Gasteiger partial charge < -0.3 is 20.4 Å². The van der Waals surface area contributed by atoms with Crippen molar-refractivity contribution in [3.8, 4) is 0 Å². The number of benzene rings is 6. The van der Waals surface area contributed by atoms with Crippen molar-refractivity contribution in [3.63, 3.8) is 0 Å². The average molecular weight is 1170 g/mol. The molecule has 0 aliphatic heterocycles. The number of hydrogen-bond acceptors (Lipinski definition) is 9. The molecule has 74 heavy (non-hydrogen) atoms. The molecule has 2 aromatic heterocycles. The summed E-state index contributed by atoms with van der Waals surface area (Å²) in [6.07, 6.45) is -3.60. The molecule has 0 amide bonds. The maximum absolute atomic E-state index is 12.0. The fourth-order valence-electron chi connectivity index (χ4n) is 6.02. The number of aliphatic hydroxyl groups is 1. The summed E-state index contributed by atoms with van der Waals surface area (Å²) in [4.78, 5) is 42.6. The molecular weight excluding hydrogens is 1130 g/mol. The molecule has 0 aliphatic rings. The molecule has 0 saturated carbocycles. The molecule has 6 aromatic carbocycles. The van der Waals surface area contributed by atoms with Crippen LogP contribution in [0.1, 0.15) is 42.2 Å². The van der Waals surface area contributed by atoms with Gasteiger partial charge in [-0.15, -0.1) is 0 Å². The number of nitrogens with zero attached hydrogens (tertiary/aromatic N) is 2. The second-order valence-corrected chi connectivity index (χ2v) is 14.7. The van der Waals surface area contributed by atoms with E-state index in [9.17, 15) is 69.2 Å². The second-order valence-electron chi connectivity index (χ2n) is 14.7. The number of pyridine rings is 2. The Kier molecular flexibility index (Phi) is 23.5. The summed E-state index contributed by atoms with van der Waals surface area (Å²) in [7, 11) is 1.00. The Morgan fingerprint density at radius 3 is 0.851 bits per heavy atom. The van der Waals surface area contributed by atoms with E-state index in [0.717, 1.165) is 50.6 Å². The molecule has 9 nitrogen and oxygen atoms in total. The van der Waals surface area contributed by atoms with Gasteiger partial charge in [-0.3, -0.25) is 24.4 Å². The standard InChI is InChI=1S/3C14H9F3O2.C12H10N2.CH4O.Gd/c3*15-14(16,17)13(19)8-12(18)11-6-5-9-3-1-2-4-10(9)7-11;1(11-3-7-13-8-4-11)2-12-5-9-14-10-6-12;1-2;/h3*1-8,19H;1-10H;2H,1H3;/q;;;;;+3/p-3/b3*13-8-;2-1+;;. The van der Waals surface area contributed by atoms with Crippen LogP contribution < -0.4 is 15.3 Å². The van der Waals surface area contributed by atoms with Crippen LogP contribution in [0.15, 0.2) is 212 Å². The third-order valence-corrected chi connectivity index (χ3v) is 9.61. The van der Waals surface area contributed by atoms with Gasteiger partial charge in [-0.2, -0.15) is 39.5 Å². The summed E-state index contributed by atoms with van der Waals surface area (Å²) in [6.45, 7) is 0. The van der Waals surface area contributed by atoms with E-state index < -0.39 is 53.2 Å².